The minimum absolute atomic E-state index is 0.0909. The van der Waals surface area contributed by atoms with E-state index in [0.717, 1.165) is 48.7 Å². The largest absolute Gasteiger partial charge is 0.278 e. The van der Waals surface area contributed by atoms with E-state index in [2.05, 4.69) is 17.8 Å². The number of nitrogens with zero attached hydrogens (tertiary/aromatic N) is 1. The molecule has 2 aromatic carbocycles. The minimum Gasteiger partial charge on any atom is -0.278 e. The third-order valence-electron chi connectivity index (χ3n) is 4.83. The molecule has 138 valence electrons. The molecule has 0 aromatic heterocycles. The molecule has 0 aliphatic carbocycles. The van der Waals surface area contributed by atoms with Gasteiger partial charge in [0.2, 0.25) is 5.91 Å². The number of imide groups is 1. The summed E-state index contributed by atoms with van der Waals surface area (Å²) in [4.78, 5) is 26.8. The third kappa shape index (κ3) is 4.11. The van der Waals surface area contributed by atoms with Gasteiger partial charge in [-0.1, -0.05) is 49.7 Å². The molecule has 1 aliphatic rings. The summed E-state index contributed by atoms with van der Waals surface area (Å²) in [6.07, 6.45) is 4.35. The van der Waals surface area contributed by atoms with E-state index in [1.54, 1.807) is 0 Å². The molecule has 0 saturated heterocycles. The first-order valence-corrected chi connectivity index (χ1v) is 9.53. The molecule has 5 nitrogen and oxygen atoms in total. The van der Waals surface area contributed by atoms with Crippen LogP contribution in [0.5, 0.6) is 0 Å². The van der Waals surface area contributed by atoms with Gasteiger partial charge in [0.25, 0.3) is 5.91 Å². The van der Waals surface area contributed by atoms with Gasteiger partial charge < -0.3 is 0 Å². The Hall–Kier alpha value is -2.24. The van der Waals surface area contributed by atoms with Gasteiger partial charge in [-0.25, -0.2) is 0 Å². The Balaban J connectivity index is 1.59. The molecule has 0 spiro atoms. The van der Waals surface area contributed by atoms with Gasteiger partial charge in [0, 0.05) is 19.6 Å². The van der Waals surface area contributed by atoms with E-state index in [1.807, 2.05) is 36.4 Å². The second-order valence-corrected chi connectivity index (χ2v) is 6.76. The van der Waals surface area contributed by atoms with Crippen LogP contribution >= 0.6 is 0 Å². The molecule has 5 heteroatoms. The first kappa shape index (κ1) is 18.5. The van der Waals surface area contributed by atoms with E-state index >= 15 is 0 Å². The van der Waals surface area contributed by atoms with Crippen LogP contribution in [0.1, 0.15) is 48.5 Å². The molecule has 0 unspecified atom stereocenters. The van der Waals surface area contributed by atoms with E-state index in [9.17, 15) is 9.59 Å². The highest BCUT2D eigenvalue weighted by Gasteiger charge is 2.31. The number of hydrogen-bond donors (Lipinski definition) is 2. The number of hydrogen-bond acceptors (Lipinski definition) is 4. The van der Waals surface area contributed by atoms with Crippen molar-refractivity contribution < 1.29 is 9.59 Å². The number of carbonyl (C=O) groups excluding carboxylic acids is 2. The fourth-order valence-corrected chi connectivity index (χ4v) is 3.37. The van der Waals surface area contributed by atoms with Crippen molar-refractivity contribution in [2.75, 3.05) is 19.6 Å². The Labute approximate surface area is 154 Å². The summed E-state index contributed by atoms with van der Waals surface area (Å²) < 4.78 is 0. The zero-order valence-electron chi connectivity index (χ0n) is 15.4. The number of fused-ring (bicyclic) bond motifs is 3. The predicted molar refractivity (Wildman–Crippen MR) is 104 cm³/mol. The SMILES string of the molecule is CCCCNNCCCCN1C(=O)Cc2ccc3ccccc3c2C1=O. The minimum atomic E-state index is -0.151. The van der Waals surface area contributed by atoms with Crippen molar-refractivity contribution in [1.29, 1.82) is 0 Å². The number of unbranched alkanes of at least 4 members (excludes halogenated alkanes) is 2. The van der Waals surface area contributed by atoms with Gasteiger partial charge in [-0.2, -0.15) is 0 Å². The third-order valence-corrected chi connectivity index (χ3v) is 4.83. The van der Waals surface area contributed by atoms with Gasteiger partial charge in [-0.3, -0.25) is 25.3 Å². The van der Waals surface area contributed by atoms with Crippen LogP contribution in [0.15, 0.2) is 36.4 Å². The van der Waals surface area contributed by atoms with Crippen LogP contribution in [0, 0.1) is 0 Å². The van der Waals surface area contributed by atoms with E-state index in [1.165, 1.54) is 11.3 Å². The number of nitrogens with one attached hydrogen (secondary N) is 2. The second-order valence-electron chi connectivity index (χ2n) is 6.76. The van der Waals surface area contributed by atoms with Crippen molar-refractivity contribution in [2.45, 2.75) is 39.0 Å². The maximum atomic E-state index is 13.0. The number of hydrazine groups is 1. The van der Waals surface area contributed by atoms with Gasteiger partial charge in [-0.05, 0) is 35.6 Å². The second kappa shape index (κ2) is 8.92. The Bertz CT molecular complexity index is 788. The Morgan fingerprint density at radius 1 is 0.962 bits per heavy atom. The predicted octanol–water partition coefficient (Wildman–Crippen LogP) is 3.04. The molecule has 0 radical (unpaired) electrons. The van der Waals surface area contributed by atoms with Gasteiger partial charge >= 0.3 is 0 Å². The lowest BCUT2D eigenvalue weighted by molar-refractivity contribution is -0.128. The Kier molecular flexibility index (Phi) is 6.36. The molecule has 1 heterocycles. The lowest BCUT2D eigenvalue weighted by atomic mass is 9.92. The highest BCUT2D eigenvalue weighted by molar-refractivity contribution is 6.16. The molecule has 3 rings (SSSR count). The Morgan fingerprint density at radius 2 is 1.73 bits per heavy atom. The fourth-order valence-electron chi connectivity index (χ4n) is 3.37. The lowest BCUT2D eigenvalue weighted by Gasteiger charge is -2.27. The van der Waals surface area contributed by atoms with Crippen LogP contribution in [0.3, 0.4) is 0 Å². The topological polar surface area (TPSA) is 61.4 Å². The molecule has 2 amide bonds. The summed E-state index contributed by atoms with van der Waals surface area (Å²) in [6, 6.07) is 11.8. The maximum Gasteiger partial charge on any atom is 0.261 e. The zero-order chi connectivity index (χ0) is 18.4. The molecule has 0 fully saturated rings. The molecule has 26 heavy (non-hydrogen) atoms. The van der Waals surface area contributed by atoms with Crippen LogP contribution in [-0.2, 0) is 11.2 Å². The quantitative estimate of drug-likeness (QED) is 0.413. The van der Waals surface area contributed by atoms with E-state index in [0.29, 0.717) is 18.5 Å². The maximum absolute atomic E-state index is 13.0. The normalized spacial score (nSPS) is 14.1. The Morgan fingerprint density at radius 3 is 2.54 bits per heavy atom. The number of carbonyl (C=O) groups is 2. The van der Waals surface area contributed by atoms with Gasteiger partial charge in [0.05, 0.1) is 12.0 Å². The van der Waals surface area contributed by atoms with Gasteiger partial charge in [-0.15, -0.1) is 0 Å². The summed E-state index contributed by atoms with van der Waals surface area (Å²) >= 11 is 0. The van der Waals surface area contributed by atoms with Crippen LogP contribution in [0.25, 0.3) is 10.8 Å². The van der Waals surface area contributed by atoms with Crippen LogP contribution in [-0.4, -0.2) is 36.3 Å². The van der Waals surface area contributed by atoms with Crippen molar-refractivity contribution in [1.82, 2.24) is 15.8 Å². The van der Waals surface area contributed by atoms with E-state index in [-0.39, 0.29) is 11.8 Å². The monoisotopic (exact) mass is 353 g/mol. The van der Waals surface area contributed by atoms with Crippen LogP contribution in [0.2, 0.25) is 0 Å². The summed E-state index contributed by atoms with van der Waals surface area (Å²) in [5.41, 5.74) is 7.90. The highest BCUT2D eigenvalue weighted by atomic mass is 16.2. The van der Waals surface area contributed by atoms with Crippen LogP contribution in [0.4, 0.5) is 0 Å². The summed E-state index contributed by atoms with van der Waals surface area (Å²) in [5.74, 6) is -0.242. The van der Waals surface area contributed by atoms with Gasteiger partial charge in [0.1, 0.15) is 0 Å². The van der Waals surface area contributed by atoms with Crippen molar-refractivity contribution in [3.63, 3.8) is 0 Å². The summed E-state index contributed by atoms with van der Waals surface area (Å²) in [6.45, 7) is 4.44. The number of benzene rings is 2. The van der Waals surface area contributed by atoms with Crippen molar-refractivity contribution in [3.8, 4) is 0 Å². The number of rotatable bonds is 9. The molecular weight excluding hydrogens is 326 g/mol. The highest BCUT2D eigenvalue weighted by Crippen LogP contribution is 2.28. The molecule has 2 aromatic rings. The standard InChI is InChI=1S/C21H27N3O2/c1-2-3-12-22-23-13-6-7-14-24-19(25)15-17-11-10-16-8-4-5-9-18(16)20(17)21(24)26/h4-5,8-11,22-23H,2-3,6-7,12-15H2,1H3. The molecular formula is C21H27N3O2. The van der Waals surface area contributed by atoms with E-state index in [4.69, 9.17) is 0 Å². The first-order chi connectivity index (χ1) is 12.7. The molecule has 0 saturated carbocycles. The molecule has 0 atom stereocenters. The zero-order valence-corrected chi connectivity index (χ0v) is 15.4. The summed E-state index contributed by atoms with van der Waals surface area (Å²) in [7, 11) is 0. The molecule has 2 N–H and O–H groups in total. The molecule has 1 aliphatic heterocycles. The van der Waals surface area contributed by atoms with Crippen molar-refractivity contribution >= 4 is 22.6 Å². The van der Waals surface area contributed by atoms with E-state index < -0.39 is 0 Å². The summed E-state index contributed by atoms with van der Waals surface area (Å²) in [5, 5.41) is 1.98. The average molecular weight is 353 g/mol. The molecule has 0 bridgehead atoms. The first-order valence-electron chi connectivity index (χ1n) is 9.53. The van der Waals surface area contributed by atoms with Crippen molar-refractivity contribution in [3.05, 3.63) is 47.5 Å². The number of amides is 2. The smallest absolute Gasteiger partial charge is 0.261 e. The van der Waals surface area contributed by atoms with Gasteiger partial charge in [0.15, 0.2) is 0 Å². The fraction of sp³-hybridized carbons (Fsp3) is 0.429. The lowest BCUT2D eigenvalue weighted by Crippen LogP contribution is -2.43. The van der Waals surface area contributed by atoms with Crippen LogP contribution < -0.4 is 10.9 Å². The average Bonchev–Trinajstić information content (AvgIpc) is 2.65. The van der Waals surface area contributed by atoms with Crippen molar-refractivity contribution in [2.24, 2.45) is 0 Å².